The molecule has 62 valence electrons. The normalized spacial score (nSPS) is 12.0. The van der Waals surface area contributed by atoms with E-state index in [-0.39, 0.29) is 0 Å². The van der Waals surface area contributed by atoms with E-state index in [0.717, 1.165) is 6.61 Å². The van der Waals surface area contributed by atoms with Crippen molar-refractivity contribution in [1.29, 1.82) is 0 Å². The van der Waals surface area contributed by atoms with Gasteiger partial charge in [0.1, 0.15) is 0 Å². The standard InChI is InChI=1S/C8H17IO/c1-4-8(9,5-2)6-7-10-3/h4-7H2,1-3H3. The second-order valence-corrected chi connectivity index (χ2v) is 4.89. The number of hydrogen-bond donors (Lipinski definition) is 0. The molecule has 0 spiro atoms. The number of methoxy groups -OCH3 is 1. The number of ether oxygens (including phenoxy) is 1. The molecule has 0 aliphatic heterocycles. The summed E-state index contributed by atoms with van der Waals surface area (Å²) in [5.41, 5.74) is 0. The summed E-state index contributed by atoms with van der Waals surface area (Å²) in [5.74, 6) is 0. The first-order valence-corrected chi connectivity index (χ1v) is 4.94. The quantitative estimate of drug-likeness (QED) is 0.542. The summed E-state index contributed by atoms with van der Waals surface area (Å²) in [6, 6.07) is 0. The summed E-state index contributed by atoms with van der Waals surface area (Å²) in [4.78, 5) is 0. The molecular formula is C8H17IO. The van der Waals surface area contributed by atoms with E-state index in [1.807, 2.05) is 0 Å². The van der Waals surface area contributed by atoms with Crippen molar-refractivity contribution in [3.8, 4) is 0 Å². The van der Waals surface area contributed by atoms with Crippen molar-refractivity contribution < 1.29 is 4.74 Å². The van der Waals surface area contributed by atoms with E-state index >= 15 is 0 Å². The van der Waals surface area contributed by atoms with Crippen LogP contribution in [0.2, 0.25) is 0 Å². The SMILES string of the molecule is CCC(I)(CC)CCOC. The molecule has 0 rings (SSSR count). The van der Waals surface area contributed by atoms with Gasteiger partial charge in [-0.2, -0.15) is 0 Å². The zero-order valence-electron chi connectivity index (χ0n) is 7.11. The summed E-state index contributed by atoms with van der Waals surface area (Å²) >= 11 is 2.55. The molecule has 1 nitrogen and oxygen atoms in total. The van der Waals surface area contributed by atoms with E-state index in [1.54, 1.807) is 7.11 Å². The molecule has 10 heavy (non-hydrogen) atoms. The van der Waals surface area contributed by atoms with Crippen molar-refractivity contribution in [2.24, 2.45) is 0 Å². The maximum Gasteiger partial charge on any atom is 0.0474 e. The van der Waals surface area contributed by atoms with Crippen LogP contribution in [0.25, 0.3) is 0 Å². The Bertz CT molecular complexity index is 79.3. The van der Waals surface area contributed by atoms with Crippen LogP contribution in [-0.4, -0.2) is 17.1 Å². The van der Waals surface area contributed by atoms with Gasteiger partial charge < -0.3 is 4.74 Å². The minimum atomic E-state index is 0.480. The number of rotatable bonds is 5. The Kier molecular flexibility index (Phi) is 5.72. The molecule has 0 saturated heterocycles. The Morgan fingerprint density at radius 1 is 1.30 bits per heavy atom. The van der Waals surface area contributed by atoms with Gasteiger partial charge in [0.15, 0.2) is 0 Å². The van der Waals surface area contributed by atoms with Crippen molar-refractivity contribution >= 4 is 22.6 Å². The van der Waals surface area contributed by atoms with Gasteiger partial charge in [0.2, 0.25) is 0 Å². The summed E-state index contributed by atoms with van der Waals surface area (Å²) in [5, 5.41) is 0. The highest BCUT2D eigenvalue weighted by atomic mass is 127. The first-order valence-electron chi connectivity index (χ1n) is 3.86. The average molecular weight is 256 g/mol. The second kappa shape index (κ2) is 5.35. The van der Waals surface area contributed by atoms with Crippen molar-refractivity contribution in [2.45, 2.75) is 36.5 Å². The Labute approximate surface area is 77.7 Å². The molecule has 2 heteroatoms. The van der Waals surface area contributed by atoms with Crippen LogP contribution in [-0.2, 0) is 4.74 Å². The lowest BCUT2D eigenvalue weighted by Crippen LogP contribution is -2.19. The highest BCUT2D eigenvalue weighted by molar-refractivity contribution is 14.1. The molecule has 0 radical (unpaired) electrons. The summed E-state index contributed by atoms with van der Waals surface area (Å²) in [6.45, 7) is 5.38. The third kappa shape index (κ3) is 3.76. The molecule has 0 aliphatic rings. The number of halogens is 1. The zero-order valence-corrected chi connectivity index (χ0v) is 9.27. The highest BCUT2D eigenvalue weighted by Crippen LogP contribution is 2.30. The molecule has 0 bridgehead atoms. The Balaban J connectivity index is 3.58. The molecular weight excluding hydrogens is 239 g/mol. The first-order chi connectivity index (χ1) is 4.68. The predicted octanol–water partition coefficient (Wildman–Crippen LogP) is 3.02. The fourth-order valence-electron chi connectivity index (χ4n) is 0.889. The Hall–Kier alpha value is 0.690. The second-order valence-electron chi connectivity index (χ2n) is 2.60. The summed E-state index contributed by atoms with van der Waals surface area (Å²) in [7, 11) is 1.77. The van der Waals surface area contributed by atoms with Gasteiger partial charge in [0.05, 0.1) is 0 Å². The van der Waals surface area contributed by atoms with Crippen LogP contribution in [0.4, 0.5) is 0 Å². The van der Waals surface area contributed by atoms with E-state index < -0.39 is 0 Å². The molecule has 0 saturated carbocycles. The minimum absolute atomic E-state index is 0.480. The lowest BCUT2D eigenvalue weighted by atomic mass is 10.0. The monoisotopic (exact) mass is 256 g/mol. The molecule has 0 aromatic heterocycles. The van der Waals surface area contributed by atoms with Crippen LogP contribution in [0.3, 0.4) is 0 Å². The molecule has 0 atom stereocenters. The van der Waals surface area contributed by atoms with Crippen LogP contribution in [0, 0.1) is 0 Å². The van der Waals surface area contributed by atoms with Crippen LogP contribution in [0.15, 0.2) is 0 Å². The van der Waals surface area contributed by atoms with Crippen LogP contribution in [0.5, 0.6) is 0 Å². The van der Waals surface area contributed by atoms with Gasteiger partial charge in [-0.05, 0) is 19.3 Å². The first kappa shape index (κ1) is 10.7. The fourth-order valence-corrected chi connectivity index (χ4v) is 1.11. The summed E-state index contributed by atoms with van der Waals surface area (Å²) in [6.07, 6.45) is 3.66. The topological polar surface area (TPSA) is 9.23 Å². The Morgan fingerprint density at radius 2 is 1.80 bits per heavy atom. The van der Waals surface area contributed by atoms with Gasteiger partial charge in [-0.1, -0.05) is 36.4 Å². The van der Waals surface area contributed by atoms with Gasteiger partial charge in [-0.15, -0.1) is 0 Å². The van der Waals surface area contributed by atoms with E-state index in [0.29, 0.717) is 3.42 Å². The van der Waals surface area contributed by atoms with E-state index in [4.69, 9.17) is 4.74 Å². The van der Waals surface area contributed by atoms with Crippen LogP contribution in [0.1, 0.15) is 33.1 Å². The van der Waals surface area contributed by atoms with Gasteiger partial charge in [0.25, 0.3) is 0 Å². The third-order valence-corrected chi connectivity index (χ3v) is 4.09. The van der Waals surface area contributed by atoms with Gasteiger partial charge in [-0.3, -0.25) is 0 Å². The molecule has 0 amide bonds. The van der Waals surface area contributed by atoms with Crippen molar-refractivity contribution in [1.82, 2.24) is 0 Å². The predicted molar refractivity (Wildman–Crippen MR) is 53.8 cm³/mol. The maximum atomic E-state index is 5.04. The number of alkyl halides is 1. The average Bonchev–Trinajstić information content (AvgIpc) is 2.00. The molecule has 0 aliphatic carbocycles. The van der Waals surface area contributed by atoms with Gasteiger partial charge in [-0.25, -0.2) is 0 Å². The fraction of sp³-hybridized carbons (Fsp3) is 1.00. The highest BCUT2D eigenvalue weighted by Gasteiger charge is 2.20. The molecule has 0 heterocycles. The van der Waals surface area contributed by atoms with Crippen molar-refractivity contribution in [3.05, 3.63) is 0 Å². The van der Waals surface area contributed by atoms with Crippen molar-refractivity contribution in [3.63, 3.8) is 0 Å². The number of hydrogen-bond acceptors (Lipinski definition) is 1. The zero-order chi connectivity index (χ0) is 8.04. The van der Waals surface area contributed by atoms with Crippen LogP contribution >= 0.6 is 22.6 Å². The van der Waals surface area contributed by atoms with E-state index in [9.17, 15) is 0 Å². The van der Waals surface area contributed by atoms with E-state index in [1.165, 1.54) is 19.3 Å². The maximum absolute atomic E-state index is 5.04. The van der Waals surface area contributed by atoms with E-state index in [2.05, 4.69) is 36.4 Å². The summed E-state index contributed by atoms with van der Waals surface area (Å²) < 4.78 is 5.52. The molecule has 0 fully saturated rings. The molecule has 0 N–H and O–H groups in total. The molecule has 0 aromatic rings. The van der Waals surface area contributed by atoms with Crippen molar-refractivity contribution in [2.75, 3.05) is 13.7 Å². The lowest BCUT2D eigenvalue weighted by Gasteiger charge is -2.23. The third-order valence-electron chi connectivity index (χ3n) is 2.02. The molecule has 0 aromatic carbocycles. The van der Waals surface area contributed by atoms with Gasteiger partial charge in [0, 0.05) is 17.1 Å². The Morgan fingerprint density at radius 3 is 2.10 bits per heavy atom. The lowest BCUT2D eigenvalue weighted by molar-refractivity contribution is 0.184. The largest absolute Gasteiger partial charge is 0.385 e. The minimum Gasteiger partial charge on any atom is -0.385 e. The molecule has 0 unspecified atom stereocenters. The van der Waals surface area contributed by atoms with Gasteiger partial charge >= 0.3 is 0 Å². The smallest absolute Gasteiger partial charge is 0.0474 e. The van der Waals surface area contributed by atoms with Crippen LogP contribution < -0.4 is 0 Å².